The second kappa shape index (κ2) is 5.26. The Labute approximate surface area is 135 Å². The molecular formula is C16H11N5OS. The number of aromatic amines is 1. The Morgan fingerprint density at radius 3 is 2.91 bits per heavy atom. The maximum Gasteiger partial charge on any atom is 0.244 e. The van der Waals surface area contributed by atoms with E-state index in [4.69, 9.17) is 10.5 Å². The summed E-state index contributed by atoms with van der Waals surface area (Å²) in [5.41, 5.74) is 8.57. The first-order valence-electron chi connectivity index (χ1n) is 6.90. The average molecular weight is 321 g/mol. The van der Waals surface area contributed by atoms with E-state index in [9.17, 15) is 5.26 Å². The van der Waals surface area contributed by atoms with Crippen molar-refractivity contribution in [2.45, 2.75) is 5.92 Å². The quantitative estimate of drug-likeness (QED) is 0.756. The van der Waals surface area contributed by atoms with E-state index in [-0.39, 0.29) is 11.8 Å². The zero-order chi connectivity index (χ0) is 15.8. The molecule has 23 heavy (non-hydrogen) atoms. The third-order valence-electron chi connectivity index (χ3n) is 3.69. The third-order valence-corrected chi connectivity index (χ3v) is 4.62. The van der Waals surface area contributed by atoms with E-state index in [1.165, 1.54) is 0 Å². The molecule has 3 aromatic heterocycles. The molecule has 0 spiro atoms. The molecule has 0 unspecified atom stereocenters. The maximum atomic E-state index is 9.55. The molecule has 4 rings (SSSR count). The molecular weight excluding hydrogens is 310 g/mol. The molecule has 3 N–H and O–H groups in total. The lowest BCUT2D eigenvalue weighted by molar-refractivity contribution is 0.379. The minimum absolute atomic E-state index is 0.0949. The summed E-state index contributed by atoms with van der Waals surface area (Å²) in [7, 11) is 0. The van der Waals surface area contributed by atoms with Crippen LogP contribution < -0.4 is 10.5 Å². The molecule has 7 heteroatoms. The molecule has 1 atom stereocenters. The summed E-state index contributed by atoms with van der Waals surface area (Å²) in [5.74, 6) is 0.178. The molecule has 3 aromatic rings. The topological polar surface area (TPSA) is 101 Å². The Kier molecular flexibility index (Phi) is 3.10. The number of rotatable bonds is 2. The number of hydrogen-bond acceptors (Lipinski definition) is 6. The van der Waals surface area contributed by atoms with Gasteiger partial charge in [-0.15, -0.1) is 16.4 Å². The average Bonchev–Trinajstić information content (AvgIpc) is 3.24. The molecule has 0 bridgehead atoms. The van der Waals surface area contributed by atoms with Crippen LogP contribution in [-0.2, 0) is 0 Å². The second-order valence-corrected chi connectivity index (χ2v) is 5.95. The van der Waals surface area contributed by atoms with Crippen LogP contribution in [0.4, 0.5) is 0 Å². The standard InChI is InChI=1S/C16H11N5OS/c17-8-9-12(11-5-3-7-23-11)13-14(10-4-1-2-6-19-10)20-21-16(13)22-15(9)18/h1-7,12H,18H2,(H,20,21)/t12-/m0/s1. The zero-order valence-electron chi connectivity index (χ0n) is 11.9. The number of hydrogen-bond donors (Lipinski definition) is 2. The predicted molar refractivity (Wildman–Crippen MR) is 85.4 cm³/mol. The summed E-state index contributed by atoms with van der Waals surface area (Å²) in [4.78, 5) is 5.37. The number of nitrogens with one attached hydrogen (secondary N) is 1. The number of allylic oxidation sites excluding steroid dienone is 1. The van der Waals surface area contributed by atoms with Crippen LogP contribution in [0.3, 0.4) is 0 Å². The van der Waals surface area contributed by atoms with Crippen molar-refractivity contribution in [3.63, 3.8) is 0 Å². The van der Waals surface area contributed by atoms with Gasteiger partial charge < -0.3 is 10.5 Å². The molecule has 0 radical (unpaired) electrons. The molecule has 4 heterocycles. The lowest BCUT2D eigenvalue weighted by Gasteiger charge is -2.22. The largest absolute Gasteiger partial charge is 0.420 e. The van der Waals surface area contributed by atoms with Gasteiger partial charge in [0.05, 0.1) is 22.9 Å². The smallest absolute Gasteiger partial charge is 0.244 e. The van der Waals surface area contributed by atoms with Gasteiger partial charge in [0.2, 0.25) is 11.8 Å². The van der Waals surface area contributed by atoms with Gasteiger partial charge in [-0.3, -0.25) is 10.1 Å². The van der Waals surface area contributed by atoms with Gasteiger partial charge in [-0.25, -0.2) is 0 Å². The van der Waals surface area contributed by atoms with Gasteiger partial charge in [0, 0.05) is 11.1 Å². The Balaban J connectivity index is 1.96. The number of aromatic nitrogens is 3. The molecule has 112 valence electrons. The fourth-order valence-electron chi connectivity index (χ4n) is 2.69. The number of fused-ring (bicyclic) bond motifs is 1. The molecule has 1 aliphatic heterocycles. The lowest BCUT2D eigenvalue weighted by atomic mass is 9.88. The number of nitrogens with zero attached hydrogens (tertiary/aromatic N) is 3. The van der Waals surface area contributed by atoms with Gasteiger partial charge >= 0.3 is 0 Å². The van der Waals surface area contributed by atoms with Crippen LogP contribution >= 0.6 is 11.3 Å². The van der Waals surface area contributed by atoms with Crippen LogP contribution in [0.5, 0.6) is 5.88 Å². The molecule has 0 amide bonds. The van der Waals surface area contributed by atoms with Crippen molar-refractivity contribution in [3.05, 3.63) is 63.8 Å². The van der Waals surface area contributed by atoms with Crippen LogP contribution in [0.1, 0.15) is 16.4 Å². The SMILES string of the molecule is N#CC1=C(N)Oc2n[nH]c(-c3ccccn3)c2[C@@H]1c1cccs1. The Hall–Kier alpha value is -3.11. The van der Waals surface area contributed by atoms with Crippen LogP contribution in [-0.4, -0.2) is 15.2 Å². The molecule has 0 saturated carbocycles. The molecule has 0 saturated heterocycles. The highest BCUT2D eigenvalue weighted by atomic mass is 32.1. The van der Waals surface area contributed by atoms with Gasteiger partial charge in [-0.1, -0.05) is 12.1 Å². The fraction of sp³-hybridized carbons (Fsp3) is 0.0625. The fourth-order valence-corrected chi connectivity index (χ4v) is 3.53. The first-order valence-corrected chi connectivity index (χ1v) is 7.78. The maximum absolute atomic E-state index is 9.55. The predicted octanol–water partition coefficient (Wildman–Crippen LogP) is 2.75. The summed E-state index contributed by atoms with van der Waals surface area (Å²) in [6, 6.07) is 11.7. The van der Waals surface area contributed by atoms with E-state index in [0.717, 1.165) is 21.8 Å². The Morgan fingerprint density at radius 2 is 2.22 bits per heavy atom. The molecule has 0 fully saturated rings. The molecule has 0 aromatic carbocycles. The van der Waals surface area contributed by atoms with E-state index in [1.807, 2.05) is 35.7 Å². The van der Waals surface area contributed by atoms with Crippen LogP contribution in [0.25, 0.3) is 11.4 Å². The van der Waals surface area contributed by atoms with E-state index in [0.29, 0.717) is 11.5 Å². The number of nitriles is 1. The van der Waals surface area contributed by atoms with Crippen molar-refractivity contribution in [2.75, 3.05) is 0 Å². The minimum Gasteiger partial charge on any atom is -0.420 e. The number of H-pyrrole nitrogens is 1. The highest BCUT2D eigenvalue weighted by Gasteiger charge is 2.36. The van der Waals surface area contributed by atoms with Crippen molar-refractivity contribution in [3.8, 4) is 23.3 Å². The van der Waals surface area contributed by atoms with E-state index in [1.54, 1.807) is 17.5 Å². The highest BCUT2D eigenvalue weighted by molar-refractivity contribution is 7.10. The Bertz CT molecular complexity index is 921. The number of nitrogens with two attached hydrogens (primary N) is 1. The first-order chi connectivity index (χ1) is 11.3. The van der Waals surface area contributed by atoms with Gasteiger partial charge in [0.25, 0.3) is 0 Å². The van der Waals surface area contributed by atoms with Crippen LogP contribution in [0, 0.1) is 11.3 Å². The normalized spacial score (nSPS) is 16.6. The summed E-state index contributed by atoms with van der Waals surface area (Å²) in [5, 5.41) is 18.7. The van der Waals surface area contributed by atoms with Crippen molar-refractivity contribution in [2.24, 2.45) is 5.73 Å². The lowest BCUT2D eigenvalue weighted by Crippen LogP contribution is -2.20. The summed E-state index contributed by atoms with van der Waals surface area (Å²) >= 11 is 1.56. The molecule has 6 nitrogen and oxygen atoms in total. The molecule has 1 aliphatic rings. The second-order valence-electron chi connectivity index (χ2n) is 4.97. The zero-order valence-corrected chi connectivity index (χ0v) is 12.7. The van der Waals surface area contributed by atoms with E-state index < -0.39 is 0 Å². The Morgan fingerprint density at radius 1 is 1.30 bits per heavy atom. The van der Waals surface area contributed by atoms with Crippen LogP contribution in [0.2, 0.25) is 0 Å². The van der Waals surface area contributed by atoms with Crippen molar-refractivity contribution < 1.29 is 4.74 Å². The van der Waals surface area contributed by atoms with E-state index in [2.05, 4.69) is 21.3 Å². The van der Waals surface area contributed by atoms with E-state index >= 15 is 0 Å². The van der Waals surface area contributed by atoms with Gasteiger partial charge in [-0.2, -0.15) is 5.26 Å². The number of thiophene rings is 1. The number of pyridine rings is 1. The molecule has 0 aliphatic carbocycles. The third kappa shape index (κ3) is 2.08. The first kappa shape index (κ1) is 13.5. The summed E-state index contributed by atoms with van der Waals surface area (Å²) in [6.07, 6.45) is 1.71. The van der Waals surface area contributed by atoms with Gasteiger partial charge in [0.1, 0.15) is 11.6 Å². The van der Waals surface area contributed by atoms with Crippen molar-refractivity contribution >= 4 is 11.3 Å². The monoisotopic (exact) mass is 321 g/mol. The highest BCUT2D eigenvalue weighted by Crippen LogP contribution is 2.46. The summed E-state index contributed by atoms with van der Waals surface area (Å²) < 4.78 is 5.54. The van der Waals surface area contributed by atoms with Crippen LogP contribution in [0.15, 0.2) is 53.4 Å². The van der Waals surface area contributed by atoms with Crippen molar-refractivity contribution in [1.29, 1.82) is 5.26 Å². The minimum atomic E-state index is -0.306. The van der Waals surface area contributed by atoms with Crippen molar-refractivity contribution in [1.82, 2.24) is 15.2 Å². The summed E-state index contributed by atoms with van der Waals surface area (Å²) in [6.45, 7) is 0. The van der Waals surface area contributed by atoms with Gasteiger partial charge in [0.15, 0.2) is 0 Å². The van der Waals surface area contributed by atoms with Gasteiger partial charge in [-0.05, 0) is 23.6 Å². The number of ether oxygens (including phenoxy) is 1.